The standard InChI is InChI=1S/C6H8N4/c1-10-6(3-8)5(2-7)4-9-10/h4H,2,7H2,1H3. The van der Waals surface area contributed by atoms with Crippen molar-refractivity contribution < 1.29 is 0 Å². The smallest absolute Gasteiger partial charge is 0.142 e. The first-order valence-corrected chi connectivity index (χ1v) is 2.90. The lowest BCUT2D eigenvalue weighted by atomic mass is 10.3. The highest BCUT2D eigenvalue weighted by molar-refractivity contribution is 5.29. The number of aromatic nitrogens is 2. The zero-order chi connectivity index (χ0) is 7.56. The van der Waals surface area contributed by atoms with E-state index in [-0.39, 0.29) is 0 Å². The molecule has 0 atom stereocenters. The molecule has 0 radical (unpaired) electrons. The molecule has 1 aromatic rings. The predicted octanol–water partition coefficient (Wildman–Crippen LogP) is -0.250. The first-order chi connectivity index (χ1) is 4.79. The topological polar surface area (TPSA) is 67.6 Å². The summed E-state index contributed by atoms with van der Waals surface area (Å²) in [6, 6.07) is 2.02. The fraction of sp³-hybridized carbons (Fsp3) is 0.333. The molecule has 0 saturated carbocycles. The highest BCUT2D eigenvalue weighted by Crippen LogP contribution is 2.03. The second-order valence-electron chi connectivity index (χ2n) is 1.96. The maximum Gasteiger partial charge on any atom is 0.142 e. The van der Waals surface area contributed by atoms with Crippen molar-refractivity contribution in [3.05, 3.63) is 17.5 Å². The summed E-state index contributed by atoms with van der Waals surface area (Å²) in [5, 5.41) is 12.4. The van der Waals surface area contributed by atoms with Crippen molar-refractivity contribution in [1.29, 1.82) is 5.26 Å². The molecule has 0 unspecified atom stereocenters. The Labute approximate surface area is 58.9 Å². The molecular weight excluding hydrogens is 128 g/mol. The van der Waals surface area contributed by atoms with Gasteiger partial charge in [0.15, 0.2) is 0 Å². The molecule has 0 amide bonds. The molecule has 10 heavy (non-hydrogen) atoms. The predicted molar refractivity (Wildman–Crippen MR) is 35.8 cm³/mol. The fourth-order valence-electron chi connectivity index (χ4n) is 0.777. The van der Waals surface area contributed by atoms with E-state index in [0.29, 0.717) is 12.2 Å². The fourth-order valence-corrected chi connectivity index (χ4v) is 0.777. The molecule has 0 aliphatic carbocycles. The molecule has 0 aliphatic heterocycles. The van der Waals surface area contributed by atoms with Gasteiger partial charge in [-0.15, -0.1) is 0 Å². The van der Waals surface area contributed by atoms with Crippen molar-refractivity contribution in [3.8, 4) is 6.07 Å². The third-order valence-corrected chi connectivity index (χ3v) is 1.34. The average molecular weight is 136 g/mol. The molecule has 1 heterocycles. The van der Waals surface area contributed by atoms with E-state index in [1.807, 2.05) is 6.07 Å². The SMILES string of the molecule is Cn1ncc(CN)c1C#N. The van der Waals surface area contributed by atoms with Gasteiger partial charge in [0.2, 0.25) is 0 Å². The quantitative estimate of drug-likeness (QED) is 0.578. The minimum Gasteiger partial charge on any atom is -0.326 e. The molecule has 1 aromatic heterocycles. The lowest BCUT2D eigenvalue weighted by molar-refractivity contribution is 0.754. The minimum absolute atomic E-state index is 0.372. The molecule has 4 heteroatoms. The molecule has 0 fully saturated rings. The third-order valence-electron chi connectivity index (χ3n) is 1.34. The largest absolute Gasteiger partial charge is 0.326 e. The Balaban J connectivity index is 3.17. The lowest BCUT2D eigenvalue weighted by Crippen LogP contribution is -2.00. The molecule has 1 rings (SSSR count). The van der Waals surface area contributed by atoms with Crippen LogP contribution in [0.1, 0.15) is 11.3 Å². The van der Waals surface area contributed by atoms with Gasteiger partial charge < -0.3 is 5.73 Å². The van der Waals surface area contributed by atoms with Crippen molar-refractivity contribution in [3.63, 3.8) is 0 Å². The minimum atomic E-state index is 0.372. The van der Waals surface area contributed by atoms with Gasteiger partial charge in [0, 0.05) is 19.2 Å². The van der Waals surface area contributed by atoms with Crippen LogP contribution in [0.5, 0.6) is 0 Å². The molecule has 0 aliphatic rings. The molecular formula is C6H8N4. The number of hydrogen-bond donors (Lipinski definition) is 1. The Morgan fingerprint density at radius 2 is 2.60 bits per heavy atom. The maximum absolute atomic E-state index is 8.55. The number of nitrogens with zero attached hydrogens (tertiary/aromatic N) is 3. The van der Waals surface area contributed by atoms with Gasteiger partial charge in [-0.05, 0) is 0 Å². The van der Waals surface area contributed by atoms with E-state index in [4.69, 9.17) is 11.0 Å². The molecule has 52 valence electrons. The first-order valence-electron chi connectivity index (χ1n) is 2.90. The van der Waals surface area contributed by atoms with Crippen LogP contribution in [-0.2, 0) is 13.6 Å². The Morgan fingerprint density at radius 1 is 1.90 bits per heavy atom. The van der Waals surface area contributed by atoms with Crippen LogP contribution in [0.2, 0.25) is 0 Å². The van der Waals surface area contributed by atoms with E-state index in [9.17, 15) is 0 Å². The molecule has 0 spiro atoms. The van der Waals surface area contributed by atoms with Crippen molar-refractivity contribution in [2.75, 3.05) is 0 Å². The van der Waals surface area contributed by atoms with E-state index in [2.05, 4.69) is 5.10 Å². The van der Waals surface area contributed by atoms with E-state index in [1.165, 1.54) is 4.68 Å². The van der Waals surface area contributed by atoms with Crippen LogP contribution in [0, 0.1) is 11.3 Å². The molecule has 0 aromatic carbocycles. The average Bonchev–Trinajstić information content (AvgIpc) is 2.30. The number of nitriles is 1. The van der Waals surface area contributed by atoms with Crippen LogP contribution < -0.4 is 5.73 Å². The summed E-state index contributed by atoms with van der Waals surface area (Å²) in [5.41, 5.74) is 6.68. The number of hydrogen-bond acceptors (Lipinski definition) is 3. The van der Waals surface area contributed by atoms with Gasteiger partial charge in [-0.2, -0.15) is 10.4 Å². The summed E-state index contributed by atoms with van der Waals surface area (Å²) < 4.78 is 1.52. The summed E-state index contributed by atoms with van der Waals surface area (Å²) in [6.45, 7) is 0.372. The first kappa shape index (κ1) is 6.78. The van der Waals surface area contributed by atoms with Gasteiger partial charge in [-0.3, -0.25) is 4.68 Å². The normalized spacial score (nSPS) is 9.30. The summed E-state index contributed by atoms with van der Waals surface area (Å²) in [6.07, 6.45) is 1.61. The van der Waals surface area contributed by atoms with Gasteiger partial charge in [0.25, 0.3) is 0 Å². The maximum atomic E-state index is 8.55. The van der Waals surface area contributed by atoms with E-state index < -0.39 is 0 Å². The molecule has 0 bridgehead atoms. The van der Waals surface area contributed by atoms with E-state index in [0.717, 1.165) is 5.56 Å². The Kier molecular flexibility index (Phi) is 1.69. The van der Waals surface area contributed by atoms with E-state index in [1.54, 1.807) is 13.2 Å². The van der Waals surface area contributed by atoms with Crippen LogP contribution >= 0.6 is 0 Å². The summed E-state index contributed by atoms with van der Waals surface area (Å²) in [4.78, 5) is 0. The van der Waals surface area contributed by atoms with Crippen LogP contribution in [0.4, 0.5) is 0 Å². The highest BCUT2D eigenvalue weighted by Gasteiger charge is 2.03. The molecule has 0 saturated heterocycles. The zero-order valence-corrected chi connectivity index (χ0v) is 5.70. The van der Waals surface area contributed by atoms with Gasteiger partial charge in [0.05, 0.1) is 6.20 Å². The highest BCUT2D eigenvalue weighted by atomic mass is 15.3. The molecule has 4 nitrogen and oxygen atoms in total. The van der Waals surface area contributed by atoms with Gasteiger partial charge in [0.1, 0.15) is 11.8 Å². The van der Waals surface area contributed by atoms with Gasteiger partial charge in [-0.1, -0.05) is 0 Å². The van der Waals surface area contributed by atoms with Crippen LogP contribution in [-0.4, -0.2) is 9.78 Å². The van der Waals surface area contributed by atoms with Crippen LogP contribution in [0.15, 0.2) is 6.20 Å². The van der Waals surface area contributed by atoms with Crippen molar-refractivity contribution in [2.24, 2.45) is 12.8 Å². The van der Waals surface area contributed by atoms with Crippen molar-refractivity contribution in [1.82, 2.24) is 9.78 Å². The van der Waals surface area contributed by atoms with Gasteiger partial charge in [-0.25, -0.2) is 0 Å². The second kappa shape index (κ2) is 2.50. The number of aryl methyl sites for hydroxylation is 1. The van der Waals surface area contributed by atoms with Gasteiger partial charge >= 0.3 is 0 Å². The van der Waals surface area contributed by atoms with Crippen LogP contribution in [0.25, 0.3) is 0 Å². The van der Waals surface area contributed by atoms with Crippen LogP contribution in [0.3, 0.4) is 0 Å². The summed E-state index contributed by atoms with van der Waals surface area (Å²) in [5.74, 6) is 0. The van der Waals surface area contributed by atoms with Crippen molar-refractivity contribution in [2.45, 2.75) is 6.54 Å². The zero-order valence-electron chi connectivity index (χ0n) is 5.70. The second-order valence-corrected chi connectivity index (χ2v) is 1.96. The lowest BCUT2D eigenvalue weighted by Gasteiger charge is -1.90. The Morgan fingerprint density at radius 3 is 3.00 bits per heavy atom. The Hall–Kier alpha value is -1.34. The number of rotatable bonds is 1. The Bertz CT molecular complexity index is 268. The van der Waals surface area contributed by atoms with E-state index >= 15 is 0 Å². The monoisotopic (exact) mass is 136 g/mol. The third kappa shape index (κ3) is 0.870. The molecule has 2 N–H and O–H groups in total. The van der Waals surface area contributed by atoms with Crippen molar-refractivity contribution >= 4 is 0 Å². The summed E-state index contributed by atoms with van der Waals surface area (Å²) >= 11 is 0. The summed E-state index contributed by atoms with van der Waals surface area (Å²) in [7, 11) is 1.72. The number of nitrogens with two attached hydrogens (primary N) is 1.